The van der Waals surface area contributed by atoms with Gasteiger partial charge < -0.3 is 0 Å². The first-order valence-corrected chi connectivity index (χ1v) is 12.1. The van der Waals surface area contributed by atoms with Crippen LogP contribution in [0.2, 0.25) is 0 Å². The molecule has 1 aliphatic heterocycles. The van der Waals surface area contributed by atoms with Crippen molar-refractivity contribution in [2.75, 3.05) is 26.2 Å². The fourth-order valence-corrected chi connectivity index (χ4v) is 6.09. The molecule has 1 aliphatic rings. The van der Waals surface area contributed by atoms with E-state index in [9.17, 15) is 13.2 Å². The number of sulfonamides is 1. The second-order valence-electron chi connectivity index (χ2n) is 7.46. The van der Waals surface area contributed by atoms with Crippen LogP contribution in [0, 0.1) is 13.8 Å². The molecule has 0 amide bonds. The molecule has 2 aromatic heterocycles. The molecule has 4 rings (SSSR count). The molecule has 1 fully saturated rings. The number of nitrogens with zero attached hydrogens (tertiary/aromatic N) is 4. The number of aromatic nitrogens is 2. The van der Waals surface area contributed by atoms with Crippen molar-refractivity contribution < 1.29 is 8.42 Å². The molecule has 0 N–H and O–H groups in total. The first-order valence-electron chi connectivity index (χ1n) is 9.76. The highest BCUT2D eigenvalue weighted by Crippen LogP contribution is 2.23. The molecule has 158 valence electrons. The molecule has 0 saturated carbocycles. The van der Waals surface area contributed by atoms with E-state index in [0.29, 0.717) is 37.7 Å². The molecule has 3 aromatic rings. The minimum absolute atomic E-state index is 0.0408. The Kier molecular flexibility index (Phi) is 5.88. The van der Waals surface area contributed by atoms with Gasteiger partial charge in [-0.25, -0.2) is 8.42 Å². The van der Waals surface area contributed by atoms with Gasteiger partial charge in [0.05, 0.1) is 23.0 Å². The van der Waals surface area contributed by atoms with Crippen LogP contribution in [0.15, 0.2) is 57.7 Å². The number of hydrogen-bond acceptors (Lipinski definition) is 6. The lowest BCUT2D eigenvalue weighted by Crippen LogP contribution is -2.49. The summed E-state index contributed by atoms with van der Waals surface area (Å²) >= 11 is 1.15. The lowest BCUT2D eigenvalue weighted by molar-refractivity contribution is 0.152. The Bertz CT molecular complexity index is 1190. The average Bonchev–Trinajstić information content (AvgIpc) is 3.09. The van der Waals surface area contributed by atoms with E-state index in [2.05, 4.69) is 9.88 Å². The fraction of sp³-hybridized carbons (Fsp3) is 0.333. The lowest BCUT2D eigenvalue weighted by Gasteiger charge is -2.34. The Morgan fingerprint density at radius 3 is 2.50 bits per heavy atom. The molecule has 30 heavy (non-hydrogen) atoms. The molecular formula is C21H24N4O3S2. The minimum Gasteiger partial charge on any atom is -0.284 e. The summed E-state index contributed by atoms with van der Waals surface area (Å²) in [7, 11) is -3.52. The molecule has 0 aliphatic carbocycles. The maximum Gasteiger partial charge on any atom is 0.308 e. The third-order valence-corrected chi connectivity index (χ3v) is 8.15. The number of hydrogen-bond donors (Lipinski definition) is 0. The van der Waals surface area contributed by atoms with Crippen LogP contribution < -0.4 is 4.87 Å². The minimum atomic E-state index is -3.52. The van der Waals surface area contributed by atoms with Crippen molar-refractivity contribution in [3.05, 3.63) is 68.8 Å². The lowest BCUT2D eigenvalue weighted by atomic mass is 10.2. The second-order valence-corrected chi connectivity index (χ2v) is 10.2. The zero-order chi connectivity index (χ0) is 21.3. The number of rotatable bonds is 5. The molecule has 9 heteroatoms. The fourth-order valence-electron chi connectivity index (χ4n) is 3.72. The van der Waals surface area contributed by atoms with Crippen LogP contribution in [0.5, 0.6) is 0 Å². The highest BCUT2D eigenvalue weighted by atomic mass is 32.2. The van der Waals surface area contributed by atoms with Crippen LogP contribution in [0.25, 0.3) is 11.4 Å². The first kappa shape index (κ1) is 20.9. The summed E-state index contributed by atoms with van der Waals surface area (Å²) in [6.07, 6.45) is 1.71. The Labute approximate surface area is 180 Å². The summed E-state index contributed by atoms with van der Waals surface area (Å²) in [5.74, 6) is 0. The summed E-state index contributed by atoms with van der Waals surface area (Å²) in [5.41, 5.74) is 3.35. The third kappa shape index (κ3) is 4.11. The SMILES string of the molecule is Cc1ccc(S(=O)(=O)N2CCN(Cn3c(-c4ccccn4)csc3=O)CC2)c(C)c1. The van der Waals surface area contributed by atoms with Gasteiger partial charge in [-0.2, -0.15) is 4.31 Å². The molecule has 1 saturated heterocycles. The third-order valence-electron chi connectivity index (χ3n) is 5.33. The quantitative estimate of drug-likeness (QED) is 0.605. The van der Waals surface area contributed by atoms with Crippen LogP contribution >= 0.6 is 11.3 Å². The van der Waals surface area contributed by atoms with Gasteiger partial charge in [0.25, 0.3) is 0 Å². The van der Waals surface area contributed by atoms with Crippen LogP contribution in [0.4, 0.5) is 0 Å². The molecule has 7 nitrogen and oxygen atoms in total. The van der Waals surface area contributed by atoms with Gasteiger partial charge >= 0.3 is 4.87 Å². The largest absolute Gasteiger partial charge is 0.308 e. The summed E-state index contributed by atoms with van der Waals surface area (Å²) in [6.45, 7) is 6.13. The summed E-state index contributed by atoms with van der Waals surface area (Å²) in [6, 6.07) is 11.0. The molecular weight excluding hydrogens is 420 g/mol. The van der Waals surface area contributed by atoms with Gasteiger partial charge in [-0.15, -0.1) is 0 Å². The number of thiazole rings is 1. The van der Waals surface area contributed by atoms with Gasteiger partial charge in [0, 0.05) is 37.8 Å². The summed E-state index contributed by atoms with van der Waals surface area (Å²) in [4.78, 5) is 19.2. The number of aryl methyl sites for hydroxylation is 2. The summed E-state index contributed by atoms with van der Waals surface area (Å²) in [5, 5.41) is 1.82. The Morgan fingerprint density at radius 2 is 1.83 bits per heavy atom. The monoisotopic (exact) mass is 444 g/mol. The maximum atomic E-state index is 13.1. The topological polar surface area (TPSA) is 75.5 Å². The van der Waals surface area contributed by atoms with Crippen molar-refractivity contribution in [2.45, 2.75) is 25.4 Å². The Morgan fingerprint density at radius 1 is 1.07 bits per heavy atom. The van der Waals surface area contributed by atoms with E-state index in [0.717, 1.165) is 33.9 Å². The van der Waals surface area contributed by atoms with Crippen molar-refractivity contribution in [3.8, 4) is 11.4 Å². The Balaban J connectivity index is 1.47. The van der Waals surface area contributed by atoms with E-state index in [1.54, 1.807) is 16.8 Å². The number of piperazine rings is 1. The predicted octanol–water partition coefficient (Wildman–Crippen LogP) is 2.55. The van der Waals surface area contributed by atoms with Crippen molar-refractivity contribution in [3.63, 3.8) is 0 Å². The zero-order valence-electron chi connectivity index (χ0n) is 17.0. The van der Waals surface area contributed by atoms with E-state index in [-0.39, 0.29) is 4.87 Å². The van der Waals surface area contributed by atoms with Crippen molar-refractivity contribution in [1.29, 1.82) is 0 Å². The van der Waals surface area contributed by atoms with E-state index in [1.165, 1.54) is 4.31 Å². The molecule has 0 atom stereocenters. The zero-order valence-corrected chi connectivity index (χ0v) is 18.6. The van der Waals surface area contributed by atoms with Gasteiger partial charge in [-0.05, 0) is 37.6 Å². The van der Waals surface area contributed by atoms with Crippen LogP contribution in [0.3, 0.4) is 0 Å². The smallest absolute Gasteiger partial charge is 0.284 e. The average molecular weight is 445 g/mol. The van der Waals surface area contributed by atoms with E-state index < -0.39 is 10.0 Å². The molecule has 0 radical (unpaired) electrons. The van der Waals surface area contributed by atoms with Gasteiger partial charge in [0.15, 0.2) is 0 Å². The van der Waals surface area contributed by atoms with Crippen molar-refractivity contribution >= 4 is 21.4 Å². The molecule has 0 unspecified atom stereocenters. The maximum absolute atomic E-state index is 13.1. The van der Waals surface area contributed by atoms with E-state index in [1.807, 2.05) is 49.6 Å². The second kappa shape index (κ2) is 8.43. The van der Waals surface area contributed by atoms with Crippen LogP contribution in [-0.4, -0.2) is 53.4 Å². The van der Waals surface area contributed by atoms with Crippen molar-refractivity contribution in [1.82, 2.24) is 18.8 Å². The highest BCUT2D eigenvalue weighted by molar-refractivity contribution is 7.89. The van der Waals surface area contributed by atoms with Crippen LogP contribution in [-0.2, 0) is 16.7 Å². The van der Waals surface area contributed by atoms with E-state index >= 15 is 0 Å². The predicted molar refractivity (Wildman–Crippen MR) is 118 cm³/mol. The molecule has 0 spiro atoms. The highest BCUT2D eigenvalue weighted by Gasteiger charge is 2.30. The van der Waals surface area contributed by atoms with Gasteiger partial charge in [0.1, 0.15) is 0 Å². The normalized spacial score (nSPS) is 16.1. The molecule has 3 heterocycles. The molecule has 0 bridgehead atoms. The van der Waals surface area contributed by atoms with Gasteiger partial charge in [-0.1, -0.05) is 35.1 Å². The van der Waals surface area contributed by atoms with E-state index in [4.69, 9.17) is 0 Å². The summed E-state index contributed by atoms with van der Waals surface area (Å²) < 4.78 is 29.4. The number of benzene rings is 1. The van der Waals surface area contributed by atoms with Crippen molar-refractivity contribution in [2.24, 2.45) is 0 Å². The number of pyridine rings is 1. The van der Waals surface area contributed by atoms with Gasteiger partial charge in [-0.3, -0.25) is 19.2 Å². The standard InChI is InChI=1S/C21H24N4O3S2/c1-16-6-7-20(17(2)13-16)30(27,28)24-11-9-23(10-12-24)15-25-19(14-29-21(25)26)18-5-3-4-8-22-18/h3-8,13-14H,9-12,15H2,1-2H3. The van der Waals surface area contributed by atoms with Gasteiger partial charge in [0.2, 0.25) is 10.0 Å². The van der Waals surface area contributed by atoms with Crippen LogP contribution in [0.1, 0.15) is 11.1 Å². The molecule has 1 aromatic carbocycles. The first-order chi connectivity index (χ1) is 14.4. The Hall–Kier alpha value is -2.33.